The van der Waals surface area contributed by atoms with Gasteiger partial charge >= 0.3 is 0 Å². The number of amides is 1. The first-order valence-electron chi connectivity index (χ1n) is 9.90. The molecule has 1 aliphatic heterocycles. The van der Waals surface area contributed by atoms with Crippen LogP contribution in [0.3, 0.4) is 0 Å². The van der Waals surface area contributed by atoms with Crippen LogP contribution >= 0.6 is 0 Å². The Morgan fingerprint density at radius 2 is 2.00 bits per heavy atom. The molecule has 2 heterocycles. The number of hydrogen-bond donors (Lipinski definition) is 1. The van der Waals surface area contributed by atoms with E-state index in [2.05, 4.69) is 5.10 Å². The Kier molecular flexibility index (Phi) is 5.13. The summed E-state index contributed by atoms with van der Waals surface area (Å²) in [6.07, 6.45) is 1.38. The molecule has 28 heavy (non-hydrogen) atoms. The standard InChI is InChI=1S/C22H25N3O3/c1-2-20(26)19-12-16-14-24(10-11-25(16)23-19)22(28)13-18-17(8-9-21(18)27)15-6-4-3-5-7-15/h3-7,12,20,26H,2,8-11,13-14H2,1H3/t20-/m1/s1. The normalized spacial score (nSPS) is 17.8. The van der Waals surface area contributed by atoms with Gasteiger partial charge in [-0.05, 0) is 30.0 Å². The Bertz CT molecular complexity index is 930. The van der Waals surface area contributed by atoms with Crippen LogP contribution in [0, 0.1) is 0 Å². The number of aliphatic hydroxyl groups excluding tert-OH is 1. The van der Waals surface area contributed by atoms with E-state index in [0.717, 1.165) is 16.8 Å². The third kappa shape index (κ3) is 3.52. The van der Waals surface area contributed by atoms with Crippen LogP contribution < -0.4 is 0 Å². The molecule has 0 bridgehead atoms. The van der Waals surface area contributed by atoms with Gasteiger partial charge in [0.1, 0.15) is 0 Å². The molecule has 0 saturated heterocycles. The molecule has 2 aliphatic rings. The fourth-order valence-corrected chi connectivity index (χ4v) is 4.01. The number of carbonyl (C=O) groups excluding carboxylic acids is 2. The molecule has 2 aromatic rings. The monoisotopic (exact) mass is 379 g/mol. The van der Waals surface area contributed by atoms with Crippen molar-refractivity contribution in [2.75, 3.05) is 6.54 Å². The SMILES string of the molecule is CC[C@@H](O)c1cc2n(n1)CCN(C(=O)CC1=C(c3ccccc3)CCC1=O)C2. The van der Waals surface area contributed by atoms with E-state index in [1.165, 1.54) is 0 Å². The Morgan fingerprint density at radius 3 is 2.75 bits per heavy atom. The molecule has 1 aliphatic carbocycles. The molecule has 4 rings (SSSR count). The first kappa shape index (κ1) is 18.6. The lowest BCUT2D eigenvalue weighted by Gasteiger charge is -2.28. The summed E-state index contributed by atoms with van der Waals surface area (Å²) in [6, 6.07) is 11.7. The molecule has 0 radical (unpaired) electrons. The molecule has 0 unspecified atom stereocenters. The number of allylic oxidation sites excluding steroid dienone is 1. The molecular formula is C22H25N3O3. The smallest absolute Gasteiger partial charge is 0.227 e. The van der Waals surface area contributed by atoms with E-state index in [-0.39, 0.29) is 18.1 Å². The highest BCUT2D eigenvalue weighted by Gasteiger charge is 2.29. The van der Waals surface area contributed by atoms with Crippen molar-refractivity contribution in [1.29, 1.82) is 0 Å². The topological polar surface area (TPSA) is 75.4 Å². The second-order valence-corrected chi connectivity index (χ2v) is 7.45. The van der Waals surface area contributed by atoms with E-state index >= 15 is 0 Å². The molecule has 1 amide bonds. The van der Waals surface area contributed by atoms with E-state index in [4.69, 9.17) is 0 Å². The first-order valence-corrected chi connectivity index (χ1v) is 9.90. The predicted octanol–water partition coefficient (Wildman–Crippen LogP) is 2.88. The van der Waals surface area contributed by atoms with Gasteiger partial charge in [0, 0.05) is 18.5 Å². The Labute approximate surface area is 164 Å². The van der Waals surface area contributed by atoms with Gasteiger partial charge in [-0.3, -0.25) is 14.3 Å². The lowest BCUT2D eigenvalue weighted by atomic mass is 9.99. The van der Waals surface area contributed by atoms with Gasteiger partial charge in [0.15, 0.2) is 5.78 Å². The summed E-state index contributed by atoms with van der Waals surface area (Å²) in [4.78, 5) is 27.2. The Morgan fingerprint density at radius 1 is 1.21 bits per heavy atom. The molecule has 1 N–H and O–H groups in total. The molecule has 6 nitrogen and oxygen atoms in total. The number of hydrogen-bond acceptors (Lipinski definition) is 4. The number of nitrogens with zero attached hydrogens (tertiary/aromatic N) is 3. The van der Waals surface area contributed by atoms with Gasteiger partial charge in [-0.2, -0.15) is 5.10 Å². The maximum atomic E-state index is 12.9. The van der Waals surface area contributed by atoms with Crippen LogP contribution in [0.15, 0.2) is 42.0 Å². The predicted molar refractivity (Wildman–Crippen MR) is 105 cm³/mol. The van der Waals surface area contributed by atoms with Crippen molar-refractivity contribution in [3.63, 3.8) is 0 Å². The molecule has 6 heteroatoms. The zero-order chi connectivity index (χ0) is 19.7. The van der Waals surface area contributed by atoms with Crippen molar-refractivity contribution in [3.8, 4) is 0 Å². The summed E-state index contributed by atoms with van der Waals surface area (Å²) >= 11 is 0. The quantitative estimate of drug-likeness (QED) is 0.867. The molecule has 1 aromatic carbocycles. The van der Waals surface area contributed by atoms with E-state index in [1.807, 2.05) is 48.0 Å². The maximum Gasteiger partial charge on any atom is 0.227 e. The van der Waals surface area contributed by atoms with Gasteiger partial charge in [-0.1, -0.05) is 37.3 Å². The van der Waals surface area contributed by atoms with Crippen molar-refractivity contribution < 1.29 is 14.7 Å². The van der Waals surface area contributed by atoms with Crippen LogP contribution in [0.4, 0.5) is 0 Å². The zero-order valence-electron chi connectivity index (χ0n) is 16.1. The van der Waals surface area contributed by atoms with Crippen LogP contribution in [0.2, 0.25) is 0 Å². The number of fused-ring (bicyclic) bond motifs is 1. The Hall–Kier alpha value is -2.73. The lowest BCUT2D eigenvalue weighted by molar-refractivity contribution is -0.132. The average Bonchev–Trinajstić information content (AvgIpc) is 3.31. The highest BCUT2D eigenvalue weighted by molar-refractivity contribution is 6.10. The number of carbonyl (C=O) groups is 2. The molecule has 1 aromatic heterocycles. The summed E-state index contributed by atoms with van der Waals surface area (Å²) in [5, 5.41) is 14.5. The second kappa shape index (κ2) is 7.72. The van der Waals surface area contributed by atoms with Crippen molar-refractivity contribution in [2.24, 2.45) is 0 Å². The lowest BCUT2D eigenvalue weighted by Crippen LogP contribution is -2.38. The summed E-state index contributed by atoms with van der Waals surface area (Å²) in [5.74, 6) is 0.0614. The van der Waals surface area contributed by atoms with Crippen LogP contribution in [-0.2, 0) is 22.7 Å². The van der Waals surface area contributed by atoms with Gasteiger partial charge in [-0.15, -0.1) is 0 Å². The van der Waals surface area contributed by atoms with Crippen LogP contribution in [0.1, 0.15) is 55.7 Å². The number of ketones is 1. The summed E-state index contributed by atoms with van der Waals surface area (Å²) in [7, 11) is 0. The summed E-state index contributed by atoms with van der Waals surface area (Å²) in [5.41, 5.74) is 4.29. The van der Waals surface area contributed by atoms with Gasteiger partial charge in [-0.25, -0.2) is 0 Å². The first-order chi connectivity index (χ1) is 13.6. The molecule has 0 saturated carbocycles. The van der Waals surface area contributed by atoms with E-state index in [0.29, 0.717) is 50.2 Å². The van der Waals surface area contributed by atoms with Gasteiger partial charge in [0.2, 0.25) is 5.91 Å². The third-order valence-corrected chi connectivity index (χ3v) is 5.65. The average molecular weight is 379 g/mol. The number of aliphatic hydroxyl groups is 1. The van der Waals surface area contributed by atoms with E-state index in [1.54, 1.807) is 4.90 Å². The van der Waals surface area contributed by atoms with E-state index in [9.17, 15) is 14.7 Å². The minimum Gasteiger partial charge on any atom is -0.387 e. The van der Waals surface area contributed by atoms with Crippen LogP contribution in [-0.4, -0.2) is 38.0 Å². The summed E-state index contributed by atoms with van der Waals surface area (Å²) in [6.45, 7) is 3.55. The number of benzene rings is 1. The molecule has 146 valence electrons. The minimum absolute atomic E-state index is 0.0243. The number of Topliss-reactive ketones (excluding diaryl/α,β-unsaturated/α-hetero) is 1. The highest BCUT2D eigenvalue weighted by Crippen LogP contribution is 2.34. The van der Waals surface area contributed by atoms with Gasteiger partial charge in [0.25, 0.3) is 0 Å². The molecule has 1 atom stereocenters. The maximum absolute atomic E-state index is 12.9. The van der Waals surface area contributed by atoms with Crippen LogP contribution in [0.5, 0.6) is 0 Å². The molecule has 0 spiro atoms. The third-order valence-electron chi connectivity index (χ3n) is 5.65. The fourth-order valence-electron chi connectivity index (χ4n) is 4.01. The molecule has 0 fully saturated rings. The number of aromatic nitrogens is 2. The molecular weight excluding hydrogens is 354 g/mol. The van der Waals surface area contributed by atoms with Gasteiger partial charge < -0.3 is 10.0 Å². The van der Waals surface area contributed by atoms with Crippen molar-refractivity contribution in [2.45, 2.75) is 51.8 Å². The number of rotatable bonds is 5. The largest absolute Gasteiger partial charge is 0.387 e. The highest BCUT2D eigenvalue weighted by atomic mass is 16.3. The van der Waals surface area contributed by atoms with Gasteiger partial charge in [0.05, 0.1) is 37.0 Å². The van der Waals surface area contributed by atoms with E-state index < -0.39 is 6.10 Å². The Balaban J connectivity index is 1.51. The second-order valence-electron chi connectivity index (χ2n) is 7.45. The fraction of sp³-hybridized carbons (Fsp3) is 0.409. The minimum atomic E-state index is -0.572. The van der Waals surface area contributed by atoms with Crippen molar-refractivity contribution >= 4 is 17.3 Å². The van der Waals surface area contributed by atoms with Crippen LogP contribution in [0.25, 0.3) is 5.57 Å². The summed E-state index contributed by atoms with van der Waals surface area (Å²) < 4.78 is 1.87. The zero-order valence-corrected chi connectivity index (χ0v) is 16.1. The van der Waals surface area contributed by atoms with Crippen molar-refractivity contribution in [3.05, 3.63) is 58.9 Å². The van der Waals surface area contributed by atoms with Crippen molar-refractivity contribution in [1.82, 2.24) is 14.7 Å².